The van der Waals surface area contributed by atoms with E-state index in [9.17, 15) is 9.18 Å². The van der Waals surface area contributed by atoms with Crippen molar-refractivity contribution in [2.75, 3.05) is 10.6 Å². The number of carbonyl (C=O) groups excluding carboxylic acids is 1. The largest absolute Gasteiger partial charge is 0.354 e. The van der Waals surface area contributed by atoms with Crippen LogP contribution in [0.2, 0.25) is 0 Å². The van der Waals surface area contributed by atoms with E-state index in [1.54, 1.807) is 18.3 Å². The molecular weight excluding hydrogens is 305 g/mol. The lowest BCUT2D eigenvalue weighted by Gasteiger charge is -2.09. The van der Waals surface area contributed by atoms with Gasteiger partial charge in [-0.05, 0) is 55.0 Å². The Morgan fingerprint density at radius 2 is 1.67 bits per heavy atom. The molecule has 0 atom stereocenters. The van der Waals surface area contributed by atoms with Gasteiger partial charge in [-0.25, -0.2) is 9.37 Å². The van der Waals surface area contributed by atoms with E-state index >= 15 is 0 Å². The van der Waals surface area contributed by atoms with Crippen LogP contribution in [0.25, 0.3) is 0 Å². The first kappa shape index (κ1) is 15.7. The van der Waals surface area contributed by atoms with E-state index in [2.05, 4.69) is 15.6 Å². The average Bonchev–Trinajstić information content (AvgIpc) is 2.59. The Kier molecular flexibility index (Phi) is 4.52. The Hall–Kier alpha value is -3.21. The number of anilines is 3. The second-order valence-electron chi connectivity index (χ2n) is 5.33. The van der Waals surface area contributed by atoms with E-state index in [0.29, 0.717) is 5.69 Å². The van der Waals surface area contributed by atoms with Crippen LogP contribution in [0, 0.1) is 12.7 Å². The van der Waals surface area contributed by atoms with Crippen LogP contribution in [0.5, 0.6) is 0 Å². The molecule has 120 valence electrons. The number of aromatic nitrogens is 1. The fourth-order valence-corrected chi connectivity index (χ4v) is 2.20. The van der Waals surface area contributed by atoms with E-state index in [1.165, 1.54) is 24.3 Å². The van der Waals surface area contributed by atoms with Gasteiger partial charge in [0, 0.05) is 11.4 Å². The van der Waals surface area contributed by atoms with Crippen molar-refractivity contribution >= 4 is 23.0 Å². The minimum Gasteiger partial charge on any atom is -0.354 e. The Morgan fingerprint density at radius 3 is 2.33 bits per heavy atom. The minimum absolute atomic E-state index is 0.287. The molecule has 1 amide bonds. The summed E-state index contributed by atoms with van der Waals surface area (Å²) in [5, 5.41) is 5.93. The number of aryl methyl sites for hydroxylation is 1. The highest BCUT2D eigenvalue weighted by Crippen LogP contribution is 2.19. The van der Waals surface area contributed by atoms with Crippen LogP contribution in [0.3, 0.4) is 0 Å². The molecule has 0 radical (unpaired) electrons. The molecule has 0 spiro atoms. The standard InChI is InChI=1S/C19H16FN3O/c1-13-4-2-3-5-17(13)22-16-10-11-18(21-12-16)19(24)23-15-8-6-14(20)7-9-15/h2-12,22H,1H3,(H,23,24). The summed E-state index contributed by atoms with van der Waals surface area (Å²) in [4.78, 5) is 16.3. The van der Waals surface area contributed by atoms with Crippen LogP contribution in [0.15, 0.2) is 66.9 Å². The minimum atomic E-state index is -0.349. The van der Waals surface area contributed by atoms with Gasteiger partial charge in [0.1, 0.15) is 11.5 Å². The number of rotatable bonds is 4. The summed E-state index contributed by atoms with van der Waals surface area (Å²) in [6, 6.07) is 16.9. The highest BCUT2D eigenvalue weighted by molar-refractivity contribution is 6.02. The monoisotopic (exact) mass is 321 g/mol. The SMILES string of the molecule is Cc1ccccc1Nc1ccc(C(=O)Nc2ccc(F)cc2)nc1. The number of carbonyl (C=O) groups is 1. The number of amides is 1. The van der Waals surface area contributed by atoms with Gasteiger partial charge in [-0.3, -0.25) is 4.79 Å². The third-order valence-corrected chi connectivity index (χ3v) is 3.52. The van der Waals surface area contributed by atoms with Crippen LogP contribution in [-0.2, 0) is 0 Å². The van der Waals surface area contributed by atoms with Gasteiger partial charge < -0.3 is 10.6 Å². The fourth-order valence-electron chi connectivity index (χ4n) is 2.20. The third kappa shape index (κ3) is 3.76. The highest BCUT2D eigenvalue weighted by atomic mass is 19.1. The lowest BCUT2D eigenvalue weighted by molar-refractivity contribution is 0.102. The van der Waals surface area contributed by atoms with Gasteiger partial charge in [-0.15, -0.1) is 0 Å². The Balaban J connectivity index is 1.68. The summed E-state index contributed by atoms with van der Waals surface area (Å²) in [5.74, 6) is -0.693. The Morgan fingerprint density at radius 1 is 0.958 bits per heavy atom. The zero-order chi connectivity index (χ0) is 16.9. The summed E-state index contributed by atoms with van der Waals surface area (Å²) in [7, 11) is 0. The molecule has 0 saturated heterocycles. The van der Waals surface area contributed by atoms with Crippen LogP contribution in [0.4, 0.5) is 21.5 Å². The molecule has 1 aromatic heterocycles. The van der Waals surface area contributed by atoms with Gasteiger partial charge in [0.2, 0.25) is 0 Å². The maximum Gasteiger partial charge on any atom is 0.274 e. The van der Waals surface area contributed by atoms with Gasteiger partial charge in [0.25, 0.3) is 5.91 Å². The van der Waals surface area contributed by atoms with Gasteiger partial charge in [0.15, 0.2) is 0 Å². The molecular formula is C19H16FN3O. The number of para-hydroxylation sites is 1. The zero-order valence-corrected chi connectivity index (χ0v) is 13.1. The molecule has 5 heteroatoms. The number of benzene rings is 2. The van der Waals surface area contributed by atoms with Crippen molar-refractivity contribution < 1.29 is 9.18 Å². The van der Waals surface area contributed by atoms with E-state index in [4.69, 9.17) is 0 Å². The van der Waals surface area contributed by atoms with Crippen molar-refractivity contribution in [2.24, 2.45) is 0 Å². The predicted molar refractivity (Wildman–Crippen MR) is 93.1 cm³/mol. The highest BCUT2D eigenvalue weighted by Gasteiger charge is 2.08. The van der Waals surface area contributed by atoms with E-state index in [0.717, 1.165) is 16.9 Å². The van der Waals surface area contributed by atoms with Crippen LogP contribution < -0.4 is 10.6 Å². The van der Waals surface area contributed by atoms with E-state index < -0.39 is 0 Å². The summed E-state index contributed by atoms with van der Waals surface area (Å²) >= 11 is 0. The molecule has 4 nitrogen and oxygen atoms in total. The lowest BCUT2D eigenvalue weighted by Crippen LogP contribution is -2.13. The Bertz CT molecular complexity index is 845. The quantitative estimate of drug-likeness (QED) is 0.742. The molecule has 0 aliphatic heterocycles. The molecule has 3 aromatic rings. The van der Waals surface area contributed by atoms with Crippen molar-refractivity contribution in [3.8, 4) is 0 Å². The molecule has 0 aliphatic carbocycles. The van der Waals surface area contributed by atoms with Crippen molar-refractivity contribution in [3.05, 3.63) is 83.9 Å². The van der Waals surface area contributed by atoms with Gasteiger partial charge >= 0.3 is 0 Å². The number of nitrogens with zero attached hydrogens (tertiary/aromatic N) is 1. The zero-order valence-electron chi connectivity index (χ0n) is 13.1. The van der Waals surface area contributed by atoms with Gasteiger partial charge in [-0.1, -0.05) is 18.2 Å². The topological polar surface area (TPSA) is 54.0 Å². The summed E-state index contributed by atoms with van der Waals surface area (Å²) in [5.41, 5.74) is 3.71. The molecule has 3 rings (SSSR count). The lowest BCUT2D eigenvalue weighted by atomic mass is 10.2. The number of hydrogen-bond acceptors (Lipinski definition) is 3. The molecule has 2 aromatic carbocycles. The van der Waals surface area contributed by atoms with Crippen LogP contribution in [0.1, 0.15) is 16.1 Å². The number of nitrogens with one attached hydrogen (secondary N) is 2. The predicted octanol–water partition coefficient (Wildman–Crippen LogP) is 4.53. The molecule has 1 heterocycles. The van der Waals surface area contributed by atoms with Crippen LogP contribution >= 0.6 is 0 Å². The number of hydrogen-bond donors (Lipinski definition) is 2. The van der Waals surface area contributed by atoms with Crippen LogP contribution in [-0.4, -0.2) is 10.9 Å². The molecule has 0 aliphatic rings. The first-order chi connectivity index (χ1) is 11.6. The van der Waals surface area contributed by atoms with E-state index in [-0.39, 0.29) is 17.4 Å². The van der Waals surface area contributed by atoms with Crippen molar-refractivity contribution in [2.45, 2.75) is 6.92 Å². The molecule has 0 fully saturated rings. The third-order valence-electron chi connectivity index (χ3n) is 3.52. The second-order valence-corrected chi connectivity index (χ2v) is 5.33. The molecule has 2 N–H and O–H groups in total. The summed E-state index contributed by atoms with van der Waals surface area (Å²) < 4.78 is 12.9. The smallest absolute Gasteiger partial charge is 0.274 e. The van der Waals surface area contributed by atoms with Gasteiger partial charge in [0.05, 0.1) is 11.9 Å². The maximum atomic E-state index is 12.9. The van der Waals surface area contributed by atoms with Crippen molar-refractivity contribution in [1.29, 1.82) is 0 Å². The van der Waals surface area contributed by atoms with Crippen molar-refractivity contribution in [3.63, 3.8) is 0 Å². The molecule has 24 heavy (non-hydrogen) atoms. The molecule has 0 bridgehead atoms. The molecule has 0 saturated carbocycles. The average molecular weight is 321 g/mol. The van der Waals surface area contributed by atoms with E-state index in [1.807, 2.05) is 31.2 Å². The maximum absolute atomic E-state index is 12.9. The molecule has 0 unspecified atom stereocenters. The summed E-state index contributed by atoms with van der Waals surface area (Å²) in [6.07, 6.45) is 1.60. The van der Waals surface area contributed by atoms with Gasteiger partial charge in [-0.2, -0.15) is 0 Å². The second kappa shape index (κ2) is 6.91. The Labute approximate surface area is 139 Å². The number of halogens is 1. The normalized spacial score (nSPS) is 10.2. The summed E-state index contributed by atoms with van der Waals surface area (Å²) in [6.45, 7) is 2.01. The first-order valence-corrected chi connectivity index (χ1v) is 7.47. The fraction of sp³-hybridized carbons (Fsp3) is 0.0526. The number of pyridine rings is 1. The first-order valence-electron chi connectivity index (χ1n) is 7.47. The van der Waals surface area contributed by atoms with Crippen molar-refractivity contribution in [1.82, 2.24) is 4.98 Å².